The highest BCUT2D eigenvalue weighted by Crippen LogP contribution is 2.25. The van der Waals surface area contributed by atoms with Crippen LogP contribution in [0.5, 0.6) is 0 Å². The van der Waals surface area contributed by atoms with Crippen LogP contribution >= 0.6 is 0 Å². The van der Waals surface area contributed by atoms with Crippen LogP contribution < -0.4 is 5.32 Å². The van der Waals surface area contributed by atoms with E-state index in [1.54, 1.807) is 6.07 Å². The second-order valence-electron chi connectivity index (χ2n) is 9.08. The predicted octanol–water partition coefficient (Wildman–Crippen LogP) is 6.14. The van der Waals surface area contributed by atoms with E-state index >= 15 is 0 Å². The van der Waals surface area contributed by atoms with Gasteiger partial charge in [-0.25, -0.2) is 4.39 Å². The maximum Gasteiger partial charge on any atom is 0.132 e. The van der Waals surface area contributed by atoms with Crippen molar-refractivity contribution in [1.82, 2.24) is 10.2 Å². The van der Waals surface area contributed by atoms with Gasteiger partial charge in [-0.3, -0.25) is 0 Å². The van der Waals surface area contributed by atoms with Gasteiger partial charge in [-0.1, -0.05) is 32.1 Å². The lowest BCUT2D eigenvalue weighted by molar-refractivity contribution is 0.217. The Morgan fingerprint density at radius 3 is 2.41 bits per heavy atom. The van der Waals surface area contributed by atoms with E-state index in [1.807, 2.05) is 32.9 Å². The van der Waals surface area contributed by atoms with Crippen molar-refractivity contribution in [2.45, 2.75) is 71.8 Å². The molecule has 1 fully saturated rings. The Morgan fingerprint density at radius 2 is 1.85 bits per heavy atom. The van der Waals surface area contributed by atoms with Crippen molar-refractivity contribution >= 4 is 5.70 Å². The lowest BCUT2D eigenvalue weighted by atomic mass is 9.90. The van der Waals surface area contributed by atoms with Gasteiger partial charge in [0.15, 0.2) is 0 Å². The van der Waals surface area contributed by atoms with Crippen molar-refractivity contribution in [2.75, 3.05) is 13.1 Å². The van der Waals surface area contributed by atoms with Crippen molar-refractivity contribution in [3.63, 3.8) is 0 Å². The van der Waals surface area contributed by atoms with E-state index in [0.29, 0.717) is 11.3 Å². The molecule has 0 bridgehead atoms. The van der Waals surface area contributed by atoms with E-state index in [1.165, 1.54) is 31.4 Å². The number of piperidine rings is 1. The molecule has 3 heteroatoms. The largest absolute Gasteiger partial charge is 0.380 e. The molecular formula is C24H37FN2. The Morgan fingerprint density at radius 1 is 1.19 bits per heavy atom. The minimum atomic E-state index is -0.179. The summed E-state index contributed by atoms with van der Waals surface area (Å²) in [6.45, 7) is 18.6. The number of likely N-dealkylation sites (tertiary alicyclic amines) is 1. The average molecular weight is 373 g/mol. The van der Waals surface area contributed by atoms with E-state index < -0.39 is 0 Å². The molecule has 1 N–H and O–H groups in total. The fourth-order valence-corrected chi connectivity index (χ4v) is 3.84. The first kappa shape index (κ1) is 21.5. The van der Waals surface area contributed by atoms with Gasteiger partial charge in [0.2, 0.25) is 0 Å². The molecular weight excluding hydrogens is 335 g/mol. The summed E-state index contributed by atoms with van der Waals surface area (Å²) in [4.78, 5) is 2.39. The number of nitrogens with zero attached hydrogens (tertiary/aromatic N) is 1. The molecule has 0 atom stereocenters. The van der Waals surface area contributed by atoms with Crippen LogP contribution in [0, 0.1) is 11.7 Å². The quantitative estimate of drug-likeness (QED) is 0.551. The number of halogens is 1. The van der Waals surface area contributed by atoms with Gasteiger partial charge in [0, 0.05) is 35.6 Å². The SMILES string of the molecule is C=C(NC(C)(C)C)c1ccc(CCCCC2CCN(C(=C)C)CC2)cc1F. The number of benzene rings is 1. The van der Waals surface area contributed by atoms with Gasteiger partial charge in [0.25, 0.3) is 0 Å². The minimum Gasteiger partial charge on any atom is -0.380 e. The van der Waals surface area contributed by atoms with Crippen molar-refractivity contribution < 1.29 is 4.39 Å². The molecule has 2 nitrogen and oxygen atoms in total. The topological polar surface area (TPSA) is 15.3 Å². The van der Waals surface area contributed by atoms with Gasteiger partial charge in [-0.2, -0.15) is 0 Å². The first-order valence-electron chi connectivity index (χ1n) is 10.3. The Balaban J connectivity index is 1.74. The van der Waals surface area contributed by atoms with Gasteiger partial charge in [-0.15, -0.1) is 0 Å². The second-order valence-corrected chi connectivity index (χ2v) is 9.08. The lowest BCUT2D eigenvalue weighted by Gasteiger charge is -2.33. The summed E-state index contributed by atoms with van der Waals surface area (Å²) in [6.07, 6.45) is 7.14. The molecule has 27 heavy (non-hydrogen) atoms. The zero-order chi connectivity index (χ0) is 20.0. The van der Waals surface area contributed by atoms with Crippen LogP contribution in [0.2, 0.25) is 0 Å². The Kier molecular flexibility index (Phi) is 7.52. The van der Waals surface area contributed by atoms with Crippen LogP contribution in [0.3, 0.4) is 0 Å². The third-order valence-electron chi connectivity index (χ3n) is 5.37. The van der Waals surface area contributed by atoms with Crippen LogP contribution in [0.25, 0.3) is 5.70 Å². The molecule has 150 valence electrons. The van der Waals surface area contributed by atoms with Crippen molar-refractivity contribution in [3.8, 4) is 0 Å². The standard InChI is InChI=1S/C24H37FN2/c1-18(2)27-15-13-20(14-16-27)9-7-8-10-21-11-12-22(23(25)17-21)19(3)26-24(4,5)6/h11-12,17,20,26H,1,3,7-10,13-16H2,2,4-6H3. The highest BCUT2D eigenvalue weighted by molar-refractivity contribution is 5.63. The summed E-state index contributed by atoms with van der Waals surface area (Å²) in [6, 6.07) is 5.58. The zero-order valence-corrected chi connectivity index (χ0v) is 17.7. The summed E-state index contributed by atoms with van der Waals surface area (Å²) in [7, 11) is 0. The van der Waals surface area contributed by atoms with Gasteiger partial charge in [0.05, 0.1) is 0 Å². The number of hydrogen-bond donors (Lipinski definition) is 1. The summed E-state index contributed by atoms with van der Waals surface area (Å²) < 4.78 is 14.5. The molecule has 2 rings (SSSR count). The average Bonchev–Trinajstić information content (AvgIpc) is 2.57. The van der Waals surface area contributed by atoms with Crippen molar-refractivity contribution in [1.29, 1.82) is 0 Å². The summed E-state index contributed by atoms with van der Waals surface area (Å²) in [5.74, 6) is 0.660. The Bertz CT molecular complexity index is 649. The van der Waals surface area contributed by atoms with E-state index in [2.05, 4.69) is 30.3 Å². The molecule has 0 spiro atoms. The first-order chi connectivity index (χ1) is 12.7. The molecule has 1 aliphatic rings. The zero-order valence-electron chi connectivity index (χ0n) is 17.7. The molecule has 0 saturated carbocycles. The van der Waals surface area contributed by atoms with Gasteiger partial charge in [0.1, 0.15) is 5.82 Å². The highest BCUT2D eigenvalue weighted by Gasteiger charge is 2.18. The maximum absolute atomic E-state index is 14.5. The van der Waals surface area contributed by atoms with E-state index in [-0.39, 0.29) is 11.4 Å². The molecule has 0 aliphatic carbocycles. The highest BCUT2D eigenvalue weighted by atomic mass is 19.1. The fourth-order valence-electron chi connectivity index (χ4n) is 3.84. The van der Waals surface area contributed by atoms with Gasteiger partial charge < -0.3 is 10.2 Å². The van der Waals surface area contributed by atoms with Gasteiger partial charge in [-0.05, 0) is 77.0 Å². The van der Waals surface area contributed by atoms with Crippen LogP contribution in [-0.4, -0.2) is 23.5 Å². The number of aryl methyl sites for hydroxylation is 1. The van der Waals surface area contributed by atoms with E-state index in [9.17, 15) is 4.39 Å². The fraction of sp³-hybridized carbons (Fsp3) is 0.583. The maximum atomic E-state index is 14.5. The molecule has 1 aliphatic heterocycles. The Hall–Kier alpha value is -1.77. The minimum absolute atomic E-state index is 0.122. The number of rotatable bonds is 8. The normalized spacial score (nSPS) is 15.7. The predicted molar refractivity (Wildman–Crippen MR) is 115 cm³/mol. The van der Waals surface area contributed by atoms with Gasteiger partial charge >= 0.3 is 0 Å². The molecule has 1 aromatic carbocycles. The number of nitrogens with one attached hydrogen (secondary N) is 1. The monoisotopic (exact) mass is 372 g/mol. The molecule has 1 saturated heterocycles. The van der Waals surface area contributed by atoms with Crippen LogP contribution in [0.4, 0.5) is 4.39 Å². The lowest BCUT2D eigenvalue weighted by Crippen LogP contribution is -2.34. The third-order valence-corrected chi connectivity index (χ3v) is 5.37. The summed E-state index contributed by atoms with van der Waals surface area (Å²) >= 11 is 0. The third kappa shape index (κ3) is 7.04. The molecule has 1 heterocycles. The Labute approximate surface area is 165 Å². The first-order valence-corrected chi connectivity index (χ1v) is 10.3. The summed E-state index contributed by atoms with van der Waals surface area (Å²) in [5, 5.41) is 3.25. The molecule has 0 aromatic heterocycles. The van der Waals surface area contributed by atoms with Crippen LogP contribution in [-0.2, 0) is 6.42 Å². The number of allylic oxidation sites excluding steroid dienone is 1. The van der Waals surface area contributed by atoms with E-state index in [4.69, 9.17) is 0 Å². The van der Waals surface area contributed by atoms with Crippen LogP contribution in [0.1, 0.15) is 70.9 Å². The summed E-state index contributed by atoms with van der Waals surface area (Å²) in [5.41, 5.74) is 3.37. The molecule has 0 unspecified atom stereocenters. The molecule has 0 amide bonds. The van der Waals surface area contributed by atoms with Crippen LogP contribution in [0.15, 0.2) is 37.1 Å². The molecule has 1 aromatic rings. The number of hydrogen-bond acceptors (Lipinski definition) is 2. The van der Waals surface area contributed by atoms with Crippen molar-refractivity contribution in [3.05, 3.63) is 54.0 Å². The smallest absolute Gasteiger partial charge is 0.132 e. The van der Waals surface area contributed by atoms with Crippen molar-refractivity contribution in [2.24, 2.45) is 5.92 Å². The molecule has 0 radical (unpaired) electrons. The number of unbranched alkanes of at least 4 members (excludes halogenated alkanes) is 1. The van der Waals surface area contributed by atoms with E-state index in [0.717, 1.165) is 37.4 Å². The second kappa shape index (κ2) is 9.43.